The number of halogens is 1. The zero-order valence-corrected chi connectivity index (χ0v) is 13.6. The lowest BCUT2D eigenvalue weighted by atomic mass is 10.1. The van der Waals surface area contributed by atoms with Crippen LogP contribution in [-0.4, -0.2) is 10.9 Å². The molecule has 2 aromatic heterocycles. The molecular formula is C18H15FN2OS. The van der Waals surface area contributed by atoms with Crippen molar-refractivity contribution in [3.05, 3.63) is 70.5 Å². The summed E-state index contributed by atoms with van der Waals surface area (Å²) in [5.41, 5.74) is 2.93. The fourth-order valence-electron chi connectivity index (χ4n) is 2.23. The Morgan fingerprint density at radius 1 is 1.17 bits per heavy atom. The summed E-state index contributed by atoms with van der Waals surface area (Å²) in [7, 11) is 0. The molecule has 0 spiro atoms. The second-order valence-electron chi connectivity index (χ2n) is 5.22. The first-order valence-electron chi connectivity index (χ1n) is 7.13. The van der Waals surface area contributed by atoms with Gasteiger partial charge in [-0.2, -0.15) is 0 Å². The van der Waals surface area contributed by atoms with E-state index in [1.54, 1.807) is 43.4 Å². The quantitative estimate of drug-likeness (QED) is 0.750. The summed E-state index contributed by atoms with van der Waals surface area (Å²) in [4.78, 5) is 17.9. The number of hydrogen-bond acceptors (Lipinski definition) is 3. The molecule has 1 amide bonds. The minimum Gasteiger partial charge on any atom is -0.322 e. The van der Waals surface area contributed by atoms with Gasteiger partial charge in [0.15, 0.2) is 0 Å². The molecule has 116 valence electrons. The number of carbonyl (C=O) groups excluding carboxylic acids is 1. The average molecular weight is 326 g/mol. The highest BCUT2D eigenvalue weighted by molar-refractivity contribution is 7.13. The second kappa shape index (κ2) is 6.30. The van der Waals surface area contributed by atoms with Gasteiger partial charge in [0, 0.05) is 5.69 Å². The molecule has 0 saturated carbocycles. The van der Waals surface area contributed by atoms with Crippen molar-refractivity contribution >= 4 is 22.9 Å². The Balaban J connectivity index is 1.83. The molecule has 0 atom stereocenters. The fourth-order valence-corrected chi connectivity index (χ4v) is 2.93. The first-order chi connectivity index (χ1) is 11.0. The molecule has 0 radical (unpaired) electrons. The summed E-state index contributed by atoms with van der Waals surface area (Å²) >= 11 is 1.60. The lowest BCUT2D eigenvalue weighted by Gasteiger charge is -2.09. The lowest BCUT2D eigenvalue weighted by molar-refractivity contribution is 0.102. The third kappa shape index (κ3) is 3.29. The maximum Gasteiger partial charge on any atom is 0.257 e. The van der Waals surface area contributed by atoms with E-state index in [1.807, 2.05) is 23.6 Å². The average Bonchev–Trinajstić information content (AvgIpc) is 3.05. The molecule has 23 heavy (non-hydrogen) atoms. The Morgan fingerprint density at radius 3 is 2.65 bits per heavy atom. The molecule has 2 heterocycles. The van der Waals surface area contributed by atoms with Gasteiger partial charge in [0.2, 0.25) is 0 Å². The van der Waals surface area contributed by atoms with E-state index in [1.165, 1.54) is 6.07 Å². The van der Waals surface area contributed by atoms with E-state index in [0.717, 1.165) is 10.6 Å². The largest absolute Gasteiger partial charge is 0.322 e. The zero-order chi connectivity index (χ0) is 16.4. The van der Waals surface area contributed by atoms with Crippen LogP contribution in [0.1, 0.15) is 21.6 Å². The van der Waals surface area contributed by atoms with Gasteiger partial charge < -0.3 is 5.32 Å². The maximum absolute atomic E-state index is 13.6. The highest BCUT2D eigenvalue weighted by Crippen LogP contribution is 2.24. The number of carbonyl (C=O) groups is 1. The molecule has 0 fully saturated rings. The first kappa shape index (κ1) is 15.4. The summed E-state index contributed by atoms with van der Waals surface area (Å²) in [6, 6.07) is 12.1. The molecule has 5 heteroatoms. The van der Waals surface area contributed by atoms with Gasteiger partial charge in [-0.1, -0.05) is 12.1 Å². The predicted molar refractivity (Wildman–Crippen MR) is 91.4 cm³/mol. The van der Waals surface area contributed by atoms with Gasteiger partial charge in [-0.15, -0.1) is 11.3 Å². The first-order valence-corrected chi connectivity index (χ1v) is 8.01. The molecule has 3 nitrogen and oxygen atoms in total. The monoisotopic (exact) mass is 326 g/mol. The molecule has 3 aromatic rings. The van der Waals surface area contributed by atoms with Crippen LogP contribution in [0.15, 0.2) is 47.8 Å². The number of anilines is 1. The third-order valence-corrected chi connectivity index (χ3v) is 4.43. The van der Waals surface area contributed by atoms with E-state index in [0.29, 0.717) is 22.5 Å². The Labute approximate surface area is 137 Å². The van der Waals surface area contributed by atoms with Gasteiger partial charge in [-0.05, 0) is 55.1 Å². The number of nitrogens with one attached hydrogen (secondary N) is 1. The van der Waals surface area contributed by atoms with Crippen LogP contribution in [0, 0.1) is 19.7 Å². The van der Waals surface area contributed by atoms with Crippen molar-refractivity contribution in [2.45, 2.75) is 13.8 Å². The van der Waals surface area contributed by atoms with Gasteiger partial charge in [-0.3, -0.25) is 9.78 Å². The normalized spacial score (nSPS) is 10.6. The molecule has 0 aliphatic carbocycles. The van der Waals surface area contributed by atoms with Crippen LogP contribution in [0.3, 0.4) is 0 Å². The summed E-state index contributed by atoms with van der Waals surface area (Å²) in [6.45, 7) is 3.47. The van der Waals surface area contributed by atoms with Crippen molar-refractivity contribution in [3.8, 4) is 10.6 Å². The molecule has 3 rings (SSSR count). The topological polar surface area (TPSA) is 42.0 Å². The number of amides is 1. The smallest absolute Gasteiger partial charge is 0.257 e. The van der Waals surface area contributed by atoms with Crippen molar-refractivity contribution in [2.24, 2.45) is 0 Å². The SMILES string of the molecule is Cc1ccc(NC(=O)c2ccc(-c3cccs3)nc2C)cc1F. The number of pyridine rings is 1. The number of nitrogens with zero attached hydrogens (tertiary/aromatic N) is 1. The number of aromatic nitrogens is 1. The third-order valence-electron chi connectivity index (χ3n) is 3.53. The highest BCUT2D eigenvalue weighted by atomic mass is 32.1. The van der Waals surface area contributed by atoms with Crippen molar-refractivity contribution < 1.29 is 9.18 Å². The van der Waals surface area contributed by atoms with Crippen molar-refractivity contribution in [1.29, 1.82) is 0 Å². The molecular weight excluding hydrogens is 311 g/mol. The van der Waals surface area contributed by atoms with E-state index in [9.17, 15) is 9.18 Å². The molecule has 1 aromatic carbocycles. The molecule has 0 bridgehead atoms. The van der Waals surface area contributed by atoms with Gasteiger partial charge in [0.1, 0.15) is 5.82 Å². The van der Waals surface area contributed by atoms with Gasteiger partial charge >= 0.3 is 0 Å². The molecule has 0 aliphatic heterocycles. The summed E-state index contributed by atoms with van der Waals surface area (Å²) in [5.74, 6) is -0.637. The van der Waals surface area contributed by atoms with Crippen molar-refractivity contribution in [3.63, 3.8) is 0 Å². The minimum atomic E-state index is -0.342. The highest BCUT2D eigenvalue weighted by Gasteiger charge is 2.12. The summed E-state index contributed by atoms with van der Waals surface area (Å²) in [6.07, 6.45) is 0. The number of benzene rings is 1. The number of aryl methyl sites for hydroxylation is 2. The Kier molecular flexibility index (Phi) is 4.21. The van der Waals surface area contributed by atoms with Gasteiger partial charge in [0.05, 0.1) is 21.8 Å². The van der Waals surface area contributed by atoms with Gasteiger partial charge in [-0.25, -0.2) is 4.39 Å². The number of rotatable bonds is 3. The van der Waals surface area contributed by atoms with Crippen LogP contribution < -0.4 is 5.32 Å². The Morgan fingerprint density at radius 2 is 2.00 bits per heavy atom. The molecule has 0 saturated heterocycles. The van der Waals surface area contributed by atoms with Crippen LogP contribution in [-0.2, 0) is 0 Å². The van der Waals surface area contributed by atoms with Crippen molar-refractivity contribution in [2.75, 3.05) is 5.32 Å². The Bertz CT molecular complexity index is 859. The molecule has 1 N–H and O–H groups in total. The molecule has 0 unspecified atom stereocenters. The minimum absolute atomic E-state index is 0.295. The van der Waals surface area contributed by atoms with Crippen LogP contribution in [0.5, 0.6) is 0 Å². The van der Waals surface area contributed by atoms with E-state index in [4.69, 9.17) is 0 Å². The van der Waals surface area contributed by atoms with E-state index in [2.05, 4.69) is 10.3 Å². The van der Waals surface area contributed by atoms with E-state index >= 15 is 0 Å². The van der Waals surface area contributed by atoms with Gasteiger partial charge in [0.25, 0.3) is 5.91 Å². The van der Waals surface area contributed by atoms with Crippen molar-refractivity contribution in [1.82, 2.24) is 4.98 Å². The fraction of sp³-hybridized carbons (Fsp3) is 0.111. The van der Waals surface area contributed by atoms with Crippen LogP contribution in [0.4, 0.5) is 10.1 Å². The van der Waals surface area contributed by atoms with Crippen LogP contribution in [0.25, 0.3) is 10.6 Å². The lowest BCUT2D eigenvalue weighted by Crippen LogP contribution is -2.14. The standard InChI is InChI=1S/C18H15FN2OS/c1-11-5-6-13(10-15(11)19)21-18(22)14-7-8-16(20-12(14)2)17-4-3-9-23-17/h3-10H,1-2H3,(H,21,22). The van der Waals surface area contributed by atoms with E-state index < -0.39 is 0 Å². The maximum atomic E-state index is 13.6. The van der Waals surface area contributed by atoms with E-state index in [-0.39, 0.29) is 11.7 Å². The molecule has 0 aliphatic rings. The number of hydrogen-bond donors (Lipinski definition) is 1. The number of thiophene rings is 1. The second-order valence-corrected chi connectivity index (χ2v) is 6.17. The summed E-state index contributed by atoms with van der Waals surface area (Å²) < 4.78 is 13.6. The predicted octanol–water partition coefficient (Wildman–Crippen LogP) is 4.82. The zero-order valence-electron chi connectivity index (χ0n) is 12.8. The van der Waals surface area contributed by atoms with Crippen LogP contribution in [0.2, 0.25) is 0 Å². The summed E-state index contributed by atoms with van der Waals surface area (Å²) in [5, 5.41) is 4.69. The Hall–Kier alpha value is -2.53. The van der Waals surface area contributed by atoms with Crippen LogP contribution >= 0.6 is 11.3 Å².